The van der Waals surface area contributed by atoms with Gasteiger partial charge in [-0.1, -0.05) is 0 Å². The predicted octanol–water partition coefficient (Wildman–Crippen LogP) is 0.347. The highest BCUT2D eigenvalue weighted by Crippen LogP contribution is 2.23. The van der Waals surface area contributed by atoms with Crippen LogP contribution in [0.3, 0.4) is 0 Å². The minimum absolute atomic E-state index is 0.00145. The second-order valence-electron chi connectivity index (χ2n) is 6.00. The first-order valence-electron chi connectivity index (χ1n) is 8.10. The number of aromatic amines is 1. The first-order chi connectivity index (χ1) is 12.5. The molecule has 2 aromatic rings. The van der Waals surface area contributed by atoms with E-state index in [1.807, 2.05) is 12.1 Å². The molecule has 2 aromatic heterocycles. The smallest absolute Gasteiger partial charge is 0.345 e. The minimum Gasteiger partial charge on any atom is -0.357 e. The molecule has 140 valence electrons. The molecule has 4 N–H and O–H groups in total. The summed E-state index contributed by atoms with van der Waals surface area (Å²) in [6.07, 6.45) is 2.44. The van der Waals surface area contributed by atoms with E-state index < -0.39 is 30.6 Å². The van der Waals surface area contributed by atoms with E-state index >= 15 is 0 Å². The van der Waals surface area contributed by atoms with Crippen LogP contribution in [0.2, 0.25) is 0 Å². The van der Waals surface area contributed by atoms with Crippen LogP contribution in [0.15, 0.2) is 24.5 Å². The van der Waals surface area contributed by atoms with Gasteiger partial charge in [0.15, 0.2) is 0 Å². The van der Waals surface area contributed by atoms with Crippen molar-refractivity contribution in [1.29, 1.82) is 0 Å². The highest BCUT2D eigenvalue weighted by molar-refractivity contribution is 5.89. The van der Waals surface area contributed by atoms with Crippen molar-refractivity contribution in [2.45, 2.75) is 31.7 Å². The van der Waals surface area contributed by atoms with E-state index in [1.54, 1.807) is 12.4 Å². The molecular weight excluding hydrogens is 348 g/mol. The van der Waals surface area contributed by atoms with Crippen molar-refractivity contribution in [3.8, 4) is 0 Å². The molecule has 26 heavy (non-hydrogen) atoms. The molecule has 0 bridgehead atoms. The van der Waals surface area contributed by atoms with Gasteiger partial charge in [0.1, 0.15) is 6.04 Å². The zero-order chi connectivity index (χ0) is 18.7. The lowest BCUT2D eigenvalue weighted by molar-refractivity contribution is -0.160. The molecule has 3 rings (SSSR count). The van der Waals surface area contributed by atoms with Gasteiger partial charge in [0.05, 0.1) is 19.2 Å². The van der Waals surface area contributed by atoms with Gasteiger partial charge in [0, 0.05) is 42.0 Å². The van der Waals surface area contributed by atoms with Gasteiger partial charge >= 0.3 is 6.61 Å². The maximum Gasteiger partial charge on any atom is 0.345 e. The monoisotopic (exact) mass is 367 g/mol. The fourth-order valence-electron chi connectivity index (χ4n) is 3.11. The fraction of sp³-hybridized carbons (Fsp3) is 0.438. The number of likely N-dealkylation sites (tertiary alicyclic amines) is 1. The molecule has 2 amide bonds. The number of nitrogens with two attached hydrogens (primary N) is 1. The molecule has 2 atom stereocenters. The third-order valence-corrected chi connectivity index (χ3v) is 4.29. The van der Waals surface area contributed by atoms with Crippen molar-refractivity contribution in [1.82, 2.24) is 20.2 Å². The van der Waals surface area contributed by atoms with Gasteiger partial charge in [-0.05, 0) is 12.1 Å². The van der Waals surface area contributed by atoms with Crippen LogP contribution in [0, 0.1) is 0 Å². The summed E-state index contributed by atoms with van der Waals surface area (Å²) in [5.74, 6) is -0.925. The second kappa shape index (κ2) is 7.75. The molecule has 10 heteroatoms. The number of aromatic nitrogens is 2. The van der Waals surface area contributed by atoms with Gasteiger partial charge in [0.25, 0.3) is 0 Å². The Morgan fingerprint density at radius 3 is 3.00 bits per heavy atom. The van der Waals surface area contributed by atoms with Crippen LogP contribution < -0.4 is 11.1 Å². The molecule has 8 nitrogen and oxygen atoms in total. The molecule has 1 fully saturated rings. The number of alkyl halides is 2. The molecule has 0 aliphatic carbocycles. The fourth-order valence-corrected chi connectivity index (χ4v) is 3.11. The van der Waals surface area contributed by atoms with Crippen LogP contribution in [0.25, 0.3) is 10.9 Å². The van der Waals surface area contributed by atoms with Crippen molar-refractivity contribution in [3.05, 3.63) is 30.2 Å². The maximum absolute atomic E-state index is 12.5. The van der Waals surface area contributed by atoms with Gasteiger partial charge in [-0.15, -0.1) is 0 Å². The molecule has 0 radical (unpaired) electrons. The molecule has 1 saturated heterocycles. The zero-order valence-electron chi connectivity index (χ0n) is 13.8. The number of hydrogen-bond acceptors (Lipinski definition) is 5. The van der Waals surface area contributed by atoms with Gasteiger partial charge in [-0.3, -0.25) is 14.6 Å². The van der Waals surface area contributed by atoms with Gasteiger partial charge in [0.2, 0.25) is 11.8 Å². The predicted molar refractivity (Wildman–Crippen MR) is 88.0 cm³/mol. The summed E-state index contributed by atoms with van der Waals surface area (Å²) in [6.45, 7) is -3.15. The Bertz CT molecular complexity index is 764. The van der Waals surface area contributed by atoms with Crippen molar-refractivity contribution in [2.75, 3.05) is 13.1 Å². The van der Waals surface area contributed by atoms with Crippen molar-refractivity contribution in [2.24, 2.45) is 5.73 Å². The summed E-state index contributed by atoms with van der Waals surface area (Å²) in [7, 11) is 0. The van der Waals surface area contributed by atoms with E-state index in [1.165, 1.54) is 4.90 Å². The van der Waals surface area contributed by atoms with Crippen LogP contribution in [-0.4, -0.2) is 58.5 Å². The molecule has 0 aromatic carbocycles. The number of amides is 2. The number of H-pyrrole nitrogens is 1. The Kier molecular flexibility index (Phi) is 5.43. The van der Waals surface area contributed by atoms with Crippen LogP contribution in [0.5, 0.6) is 0 Å². The standard InChI is InChI=1S/C16H19F2N5O3/c17-16(18)26-11-4-13(23(8-11)14(24)5-19)15(25)21-7-10-3-9-6-20-2-1-12(9)22-10/h1-3,6,11,13,16,22H,4-5,7-8,19H2,(H,21,25)/t11-,13+/m1/s1. The van der Waals surface area contributed by atoms with E-state index in [4.69, 9.17) is 5.73 Å². The molecule has 0 unspecified atom stereocenters. The van der Waals surface area contributed by atoms with Crippen molar-refractivity contribution in [3.63, 3.8) is 0 Å². The highest BCUT2D eigenvalue weighted by Gasteiger charge is 2.40. The first kappa shape index (κ1) is 18.2. The number of nitrogens with one attached hydrogen (secondary N) is 2. The Labute approximate surface area is 147 Å². The molecule has 0 spiro atoms. The molecular formula is C16H19F2N5O3. The average Bonchev–Trinajstić information content (AvgIpc) is 3.22. The largest absolute Gasteiger partial charge is 0.357 e. The average molecular weight is 367 g/mol. The van der Waals surface area contributed by atoms with Crippen LogP contribution in [-0.2, 0) is 20.9 Å². The summed E-state index contributed by atoms with van der Waals surface area (Å²) in [5, 5.41) is 3.62. The van der Waals surface area contributed by atoms with Crippen LogP contribution in [0.4, 0.5) is 8.78 Å². The third-order valence-electron chi connectivity index (χ3n) is 4.29. The summed E-state index contributed by atoms with van der Waals surface area (Å²) in [5.41, 5.74) is 6.99. The van der Waals surface area contributed by atoms with Crippen LogP contribution >= 0.6 is 0 Å². The van der Waals surface area contributed by atoms with E-state index in [0.717, 1.165) is 16.6 Å². The summed E-state index contributed by atoms with van der Waals surface area (Å²) in [6, 6.07) is 2.77. The Morgan fingerprint density at radius 2 is 2.31 bits per heavy atom. The molecule has 3 heterocycles. The van der Waals surface area contributed by atoms with Gasteiger partial charge in [-0.25, -0.2) is 0 Å². The lowest BCUT2D eigenvalue weighted by Crippen LogP contribution is -2.47. The van der Waals surface area contributed by atoms with Gasteiger partial charge in [-0.2, -0.15) is 8.78 Å². The lowest BCUT2D eigenvalue weighted by Gasteiger charge is -2.22. The third kappa shape index (κ3) is 3.97. The Morgan fingerprint density at radius 1 is 1.50 bits per heavy atom. The van der Waals surface area contributed by atoms with E-state index in [0.29, 0.717) is 0 Å². The summed E-state index contributed by atoms with van der Waals surface area (Å²) >= 11 is 0. The van der Waals surface area contributed by atoms with E-state index in [-0.39, 0.29) is 26.1 Å². The SMILES string of the molecule is NCC(=O)N1C[C@H](OC(F)F)C[C@H]1C(=O)NCc1cc2cnccc2[nH]1. The van der Waals surface area contributed by atoms with Crippen LogP contribution in [0.1, 0.15) is 12.1 Å². The molecule has 0 saturated carbocycles. The number of pyridine rings is 1. The Balaban J connectivity index is 1.65. The Hall–Kier alpha value is -2.59. The number of hydrogen-bond donors (Lipinski definition) is 3. The number of halogens is 2. The number of ether oxygens (including phenoxy) is 1. The van der Waals surface area contributed by atoms with Crippen molar-refractivity contribution >= 4 is 22.7 Å². The van der Waals surface area contributed by atoms with Gasteiger partial charge < -0.3 is 25.7 Å². The minimum atomic E-state index is -2.96. The molecule has 1 aliphatic heterocycles. The summed E-state index contributed by atoms with van der Waals surface area (Å²) < 4.78 is 29.3. The quantitative estimate of drug-likeness (QED) is 0.682. The van der Waals surface area contributed by atoms with E-state index in [2.05, 4.69) is 20.0 Å². The molecule has 1 aliphatic rings. The van der Waals surface area contributed by atoms with E-state index in [9.17, 15) is 18.4 Å². The highest BCUT2D eigenvalue weighted by atomic mass is 19.3. The number of carbonyl (C=O) groups is 2. The normalized spacial score (nSPS) is 20.1. The second-order valence-corrected chi connectivity index (χ2v) is 6.00. The number of fused-ring (bicyclic) bond motifs is 1. The topological polar surface area (TPSA) is 113 Å². The lowest BCUT2D eigenvalue weighted by atomic mass is 10.2. The number of carbonyl (C=O) groups excluding carboxylic acids is 2. The zero-order valence-corrected chi connectivity index (χ0v) is 13.8. The maximum atomic E-state index is 12.5. The number of nitrogens with zero attached hydrogens (tertiary/aromatic N) is 2. The summed E-state index contributed by atoms with van der Waals surface area (Å²) in [4.78, 5) is 32.7. The number of rotatable bonds is 6. The van der Waals surface area contributed by atoms with Crippen molar-refractivity contribution < 1.29 is 23.1 Å². The first-order valence-corrected chi connectivity index (χ1v) is 8.10.